The van der Waals surface area contributed by atoms with Crippen molar-refractivity contribution in [1.82, 2.24) is 20.0 Å². The van der Waals surface area contributed by atoms with Crippen LogP contribution in [0.5, 0.6) is 0 Å². The number of fused-ring (bicyclic) bond motifs is 1. The lowest BCUT2D eigenvalue weighted by Gasteiger charge is -2.17. The summed E-state index contributed by atoms with van der Waals surface area (Å²) in [5.41, 5.74) is 7.63. The number of amides is 2. The van der Waals surface area contributed by atoms with E-state index in [2.05, 4.69) is 37.8 Å². The molecule has 1 aliphatic heterocycles. The minimum absolute atomic E-state index is 0.108. The van der Waals surface area contributed by atoms with E-state index in [9.17, 15) is 9.59 Å². The molecular formula is C21H20N6O2. The van der Waals surface area contributed by atoms with Gasteiger partial charge in [0.15, 0.2) is 0 Å². The molecule has 8 heteroatoms. The molecule has 0 saturated carbocycles. The number of anilines is 3. The van der Waals surface area contributed by atoms with Crippen LogP contribution in [0, 0.1) is 27.7 Å². The van der Waals surface area contributed by atoms with Crippen LogP contribution in [0.1, 0.15) is 43.2 Å². The third kappa shape index (κ3) is 3.40. The van der Waals surface area contributed by atoms with Gasteiger partial charge in [0, 0.05) is 5.69 Å². The molecular weight excluding hydrogens is 368 g/mol. The molecule has 1 aliphatic rings. The number of rotatable bonds is 4. The van der Waals surface area contributed by atoms with Crippen LogP contribution in [0.4, 0.5) is 17.6 Å². The fourth-order valence-electron chi connectivity index (χ4n) is 3.47. The van der Waals surface area contributed by atoms with Crippen LogP contribution in [-0.2, 0) is 0 Å². The molecule has 0 radical (unpaired) electrons. The molecule has 0 aliphatic carbocycles. The second kappa shape index (κ2) is 6.97. The summed E-state index contributed by atoms with van der Waals surface area (Å²) >= 11 is 0. The van der Waals surface area contributed by atoms with Gasteiger partial charge in [-0.05, 0) is 51.0 Å². The Hall–Kier alpha value is -3.81. The number of nitrogens with one attached hydrogen (secondary N) is 2. The highest BCUT2D eigenvalue weighted by molar-refractivity contribution is 6.21. The van der Waals surface area contributed by atoms with Crippen molar-refractivity contribution >= 4 is 29.4 Å². The monoisotopic (exact) mass is 388 g/mol. The van der Waals surface area contributed by atoms with Gasteiger partial charge in [0.2, 0.25) is 11.9 Å². The average molecular weight is 388 g/mol. The van der Waals surface area contributed by atoms with Gasteiger partial charge in [-0.15, -0.1) is 0 Å². The molecule has 0 saturated heterocycles. The number of hydrogen-bond acceptors (Lipinski definition) is 7. The normalized spacial score (nSPS) is 12.9. The first-order valence-electron chi connectivity index (χ1n) is 9.15. The molecule has 1 aromatic heterocycles. The Morgan fingerprint density at radius 2 is 1.34 bits per heavy atom. The Balaban J connectivity index is 1.62. The molecule has 0 spiro atoms. The number of hydrazine groups is 1. The van der Waals surface area contributed by atoms with Crippen molar-refractivity contribution < 1.29 is 9.59 Å². The maximum absolute atomic E-state index is 12.5. The van der Waals surface area contributed by atoms with Crippen LogP contribution in [0.2, 0.25) is 0 Å². The third-order valence-electron chi connectivity index (χ3n) is 4.67. The van der Waals surface area contributed by atoms with E-state index in [1.54, 1.807) is 31.2 Å². The topological polar surface area (TPSA) is 100 Å². The second-order valence-corrected chi connectivity index (χ2v) is 7.03. The molecule has 0 unspecified atom stereocenters. The highest BCUT2D eigenvalue weighted by Gasteiger charge is 2.36. The summed E-state index contributed by atoms with van der Waals surface area (Å²) in [6.07, 6.45) is 0. The van der Waals surface area contributed by atoms with E-state index in [0.717, 1.165) is 21.8 Å². The Bertz CT molecular complexity index is 1100. The first-order chi connectivity index (χ1) is 13.8. The Morgan fingerprint density at radius 1 is 0.793 bits per heavy atom. The Kier molecular flexibility index (Phi) is 4.46. The summed E-state index contributed by atoms with van der Waals surface area (Å²) in [7, 11) is 0. The maximum Gasteiger partial charge on any atom is 0.280 e. The van der Waals surface area contributed by atoms with Crippen molar-refractivity contribution in [3.05, 3.63) is 70.0 Å². The SMILES string of the molecule is Cc1cc(C)c(Nc2nc(C)nc(NN3C(=O)c4ccccc4C3=O)n2)c(C)c1. The molecule has 3 aromatic rings. The van der Waals surface area contributed by atoms with Crippen LogP contribution in [0.3, 0.4) is 0 Å². The van der Waals surface area contributed by atoms with Gasteiger partial charge in [0.1, 0.15) is 5.82 Å². The van der Waals surface area contributed by atoms with E-state index >= 15 is 0 Å². The number of benzene rings is 2. The van der Waals surface area contributed by atoms with E-state index in [4.69, 9.17) is 0 Å². The molecule has 0 atom stereocenters. The summed E-state index contributed by atoms with van der Waals surface area (Å²) in [5, 5.41) is 4.15. The Morgan fingerprint density at radius 3 is 1.93 bits per heavy atom. The maximum atomic E-state index is 12.5. The van der Waals surface area contributed by atoms with Crippen LogP contribution in [0.15, 0.2) is 36.4 Å². The summed E-state index contributed by atoms with van der Waals surface area (Å²) < 4.78 is 0. The minimum Gasteiger partial charge on any atom is -0.324 e. The van der Waals surface area contributed by atoms with Crippen LogP contribution in [-0.4, -0.2) is 31.8 Å². The zero-order chi connectivity index (χ0) is 20.7. The van der Waals surface area contributed by atoms with Gasteiger partial charge in [0.05, 0.1) is 11.1 Å². The molecule has 0 bridgehead atoms. The number of imide groups is 1. The van der Waals surface area contributed by atoms with Crippen molar-refractivity contribution in [2.75, 3.05) is 10.7 Å². The zero-order valence-electron chi connectivity index (χ0n) is 16.6. The van der Waals surface area contributed by atoms with Crippen molar-refractivity contribution in [1.29, 1.82) is 0 Å². The van der Waals surface area contributed by atoms with Gasteiger partial charge >= 0.3 is 0 Å². The predicted octanol–water partition coefficient (Wildman–Crippen LogP) is 3.47. The van der Waals surface area contributed by atoms with E-state index in [1.807, 2.05) is 20.8 Å². The quantitative estimate of drug-likeness (QED) is 0.660. The number of carbonyl (C=O) groups is 2. The average Bonchev–Trinajstić information content (AvgIpc) is 2.90. The highest BCUT2D eigenvalue weighted by atomic mass is 16.2. The lowest BCUT2D eigenvalue weighted by molar-refractivity contribution is 0.0689. The largest absolute Gasteiger partial charge is 0.324 e. The van der Waals surface area contributed by atoms with E-state index in [1.165, 1.54) is 5.56 Å². The van der Waals surface area contributed by atoms with Gasteiger partial charge in [-0.25, -0.2) is 0 Å². The number of aryl methyl sites for hydroxylation is 4. The predicted molar refractivity (Wildman–Crippen MR) is 109 cm³/mol. The molecule has 8 nitrogen and oxygen atoms in total. The van der Waals surface area contributed by atoms with Gasteiger partial charge in [-0.2, -0.15) is 20.0 Å². The van der Waals surface area contributed by atoms with Crippen LogP contribution < -0.4 is 10.7 Å². The number of carbonyl (C=O) groups excluding carboxylic acids is 2. The standard InChI is InChI=1S/C21H20N6O2/c1-11-9-12(2)17(13(3)10-11)24-20-22-14(4)23-21(25-20)26-27-18(28)15-7-5-6-8-16(15)19(27)29/h5-10H,1-4H3,(H2,22,23,24,25,26). The van der Waals surface area contributed by atoms with Crippen molar-refractivity contribution in [2.24, 2.45) is 0 Å². The van der Waals surface area contributed by atoms with Crippen molar-refractivity contribution in [2.45, 2.75) is 27.7 Å². The first-order valence-corrected chi connectivity index (χ1v) is 9.15. The molecule has 0 fully saturated rings. The zero-order valence-corrected chi connectivity index (χ0v) is 16.6. The van der Waals surface area contributed by atoms with Gasteiger partial charge in [0.25, 0.3) is 11.8 Å². The van der Waals surface area contributed by atoms with Crippen LogP contribution >= 0.6 is 0 Å². The summed E-state index contributed by atoms with van der Waals surface area (Å²) in [6.45, 7) is 7.78. The lowest BCUT2D eigenvalue weighted by atomic mass is 10.1. The summed E-state index contributed by atoms with van der Waals surface area (Å²) in [4.78, 5) is 38.0. The van der Waals surface area contributed by atoms with E-state index in [-0.39, 0.29) is 5.95 Å². The summed E-state index contributed by atoms with van der Waals surface area (Å²) in [5.74, 6) is -0.000547. The minimum atomic E-state index is -0.441. The highest BCUT2D eigenvalue weighted by Crippen LogP contribution is 2.26. The first kappa shape index (κ1) is 18.5. The van der Waals surface area contributed by atoms with Crippen molar-refractivity contribution in [3.8, 4) is 0 Å². The molecule has 2 N–H and O–H groups in total. The fourth-order valence-corrected chi connectivity index (χ4v) is 3.47. The number of nitrogens with zero attached hydrogens (tertiary/aromatic N) is 4. The van der Waals surface area contributed by atoms with Gasteiger partial charge in [-0.1, -0.05) is 29.8 Å². The molecule has 146 valence electrons. The van der Waals surface area contributed by atoms with Gasteiger partial charge in [-0.3, -0.25) is 15.0 Å². The molecule has 29 heavy (non-hydrogen) atoms. The van der Waals surface area contributed by atoms with Crippen molar-refractivity contribution in [3.63, 3.8) is 0 Å². The molecule has 2 aromatic carbocycles. The van der Waals surface area contributed by atoms with E-state index in [0.29, 0.717) is 22.9 Å². The summed E-state index contributed by atoms with van der Waals surface area (Å²) in [6, 6.07) is 10.8. The number of hydrogen-bond donors (Lipinski definition) is 2. The third-order valence-corrected chi connectivity index (χ3v) is 4.67. The smallest absolute Gasteiger partial charge is 0.280 e. The molecule has 2 heterocycles. The van der Waals surface area contributed by atoms with E-state index < -0.39 is 11.8 Å². The molecule has 4 rings (SSSR count). The molecule has 2 amide bonds. The van der Waals surface area contributed by atoms with Gasteiger partial charge < -0.3 is 5.32 Å². The second-order valence-electron chi connectivity index (χ2n) is 7.03. The Labute approximate surface area is 168 Å². The lowest BCUT2D eigenvalue weighted by Crippen LogP contribution is -2.36. The number of aromatic nitrogens is 3. The fraction of sp³-hybridized carbons (Fsp3) is 0.190. The van der Waals surface area contributed by atoms with Crippen LogP contribution in [0.25, 0.3) is 0 Å².